The molecule has 72 valence electrons. The lowest BCUT2D eigenvalue weighted by Crippen LogP contribution is -2.18. The van der Waals surface area contributed by atoms with Crippen LogP contribution in [-0.4, -0.2) is 23.6 Å². The van der Waals surface area contributed by atoms with Crippen LogP contribution in [0.4, 0.5) is 0 Å². The van der Waals surface area contributed by atoms with Gasteiger partial charge in [-0.2, -0.15) is 0 Å². The van der Waals surface area contributed by atoms with E-state index in [9.17, 15) is 0 Å². The average Bonchev–Trinajstić information content (AvgIpc) is 2.18. The van der Waals surface area contributed by atoms with Crippen LogP contribution in [-0.2, 0) is 0 Å². The maximum Gasteiger partial charge on any atom is 0.216 e. The minimum absolute atomic E-state index is 0.238. The summed E-state index contributed by atoms with van der Waals surface area (Å²) >= 11 is 0. The molecule has 1 N–H and O–H groups in total. The lowest BCUT2D eigenvalue weighted by atomic mass is 10.2. The molecule has 1 atom stereocenters. The van der Waals surface area contributed by atoms with Crippen molar-refractivity contribution in [2.45, 2.75) is 19.9 Å². The Labute approximate surface area is 78.4 Å². The molecule has 0 aromatic carbocycles. The molecule has 1 unspecified atom stereocenters. The SMILES string of the molecule is CCNC(C)c1cc(OC)ncn1. The van der Waals surface area contributed by atoms with Gasteiger partial charge in [0.25, 0.3) is 0 Å². The Hall–Kier alpha value is -1.16. The Morgan fingerprint density at radius 2 is 2.31 bits per heavy atom. The molecule has 0 fully saturated rings. The molecule has 1 aromatic rings. The summed E-state index contributed by atoms with van der Waals surface area (Å²) in [6.45, 7) is 5.05. The maximum absolute atomic E-state index is 5.00. The highest BCUT2D eigenvalue weighted by Gasteiger charge is 2.06. The monoisotopic (exact) mass is 181 g/mol. The Kier molecular flexibility index (Phi) is 3.64. The van der Waals surface area contributed by atoms with E-state index in [1.165, 1.54) is 6.33 Å². The summed E-state index contributed by atoms with van der Waals surface area (Å²) in [5.41, 5.74) is 0.953. The fraction of sp³-hybridized carbons (Fsp3) is 0.556. The average molecular weight is 181 g/mol. The van der Waals surface area contributed by atoms with Gasteiger partial charge in [-0.05, 0) is 13.5 Å². The van der Waals surface area contributed by atoms with Crippen molar-refractivity contribution in [2.75, 3.05) is 13.7 Å². The number of aromatic nitrogens is 2. The predicted octanol–water partition coefficient (Wildman–Crippen LogP) is 1.16. The summed E-state index contributed by atoms with van der Waals surface area (Å²) in [5.74, 6) is 0.606. The molecule has 4 nitrogen and oxygen atoms in total. The van der Waals surface area contributed by atoms with Gasteiger partial charge in [0.05, 0.1) is 12.8 Å². The van der Waals surface area contributed by atoms with Crippen LogP contribution in [0.5, 0.6) is 5.88 Å². The molecule has 0 aliphatic heterocycles. The van der Waals surface area contributed by atoms with Crippen LogP contribution in [0.1, 0.15) is 25.6 Å². The van der Waals surface area contributed by atoms with Gasteiger partial charge in [0.2, 0.25) is 5.88 Å². The summed E-state index contributed by atoms with van der Waals surface area (Å²) < 4.78 is 5.00. The maximum atomic E-state index is 5.00. The van der Waals surface area contributed by atoms with E-state index in [1.54, 1.807) is 7.11 Å². The van der Waals surface area contributed by atoms with E-state index in [0.29, 0.717) is 5.88 Å². The lowest BCUT2D eigenvalue weighted by Gasteiger charge is -2.11. The van der Waals surface area contributed by atoms with Crippen molar-refractivity contribution in [3.8, 4) is 5.88 Å². The molecule has 13 heavy (non-hydrogen) atoms. The second-order valence-electron chi connectivity index (χ2n) is 2.76. The van der Waals surface area contributed by atoms with Crippen LogP contribution in [0.3, 0.4) is 0 Å². The molecule has 1 heterocycles. The van der Waals surface area contributed by atoms with Gasteiger partial charge in [0.15, 0.2) is 0 Å². The van der Waals surface area contributed by atoms with E-state index in [0.717, 1.165) is 12.2 Å². The molecular weight excluding hydrogens is 166 g/mol. The molecule has 1 aromatic heterocycles. The molecule has 0 amide bonds. The van der Waals surface area contributed by atoms with Gasteiger partial charge < -0.3 is 10.1 Å². The first kappa shape index (κ1) is 9.92. The van der Waals surface area contributed by atoms with Crippen molar-refractivity contribution >= 4 is 0 Å². The smallest absolute Gasteiger partial charge is 0.216 e. The highest BCUT2D eigenvalue weighted by Crippen LogP contribution is 2.12. The van der Waals surface area contributed by atoms with E-state index in [2.05, 4.69) is 29.1 Å². The number of nitrogens with zero attached hydrogens (tertiary/aromatic N) is 2. The Bertz CT molecular complexity index is 265. The number of methoxy groups -OCH3 is 1. The summed E-state index contributed by atoms with van der Waals surface area (Å²) in [4.78, 5) is 8.09. The molecule has 0 saturated carbocycles. The summed E-state index contributed by atoms with van der Waals surface area (Å²) in [5, 5.41) is 3.27. The van der Waals surface area contributed by atoms with Crippen LogP contribution in [0, 0.1) is 0 Å². The molecule has 0 bridgehead atoms. The molecule has 0 aliphatic rings. The third-order valence-corrected chi connectivity index (χ3v) is 1.83. The zero-order valence-corrected chi connectivity index (χ0v) is 8.24. The van der Waals surface area contributed by atoms with E-state index >= 15 is 0 Å². The first-order valence-electron chi connectivity index (χ1n) is 4.37. The Morgan fingerprint density at radius 3 is 2.92 bits per heavy atom. The number of ether oxygens (including phenoxy) is 1. The highest BCUT2D eigenvalue weighted by molar-refractivity contribution is 5.15. The number of hydrogen-bond donors (Lipinski definition) is 1. The quantitative estimate of drug-likeness (QED) is 0.757. The van der Waals surface area contributed by atoms with Crippen molar-refractivity contribution in [3.05, 3.63) is 18.1 Å². The number of rotatable bonds is 4. The van der Waals surface area contributed by atoms with Crippen LogP contribution in [0.2, 0.25) is 0 Å². The van der Waals surface area contributed by atoms with Crippen molar-refractivity contribution in [1.29, 1.82) is 0 Å². The Morgan fingerprint density at radius 1 is 1.54 bits per heavy atom. The minimum Gasteiger partial charge on any atom is -0.481 e. The summed E-state index contributed by atoms with van der Waals surface area (Å²) in [7, 11) is 1.60. The van der Waals surface area contributed by atoms with Gasteiger partial charge in [-0.15, -0.1) is 0 Å². The molecule has 4 heteroatoms. The minimum atomic E-state index is 0.238. The zero-order chi connectivity index (χ0) is 9.68. The van der Waals surface area contributed by atoms with E-state index in [-0.39, 0.29) is 6.04 Å². The predicted molar refractivity (Wildman–Crippen MR) is 50.7 cm³/mol. The zero-order valence-electron chi connectivity index (χ0n) is 8.24. The molecule has 0 saturated heterocycles. The first-order valence-corrected chi connectivity index (χ1v) is 4.37. The Balaban J connectivity index is 2.75. The normalized spacial score (nSPS) is 12.5. The molecular formula is C9H15N3O. The van der Waals surface area contributed by atoms with Crippen molar-refractivity contribution < 1.29 is 4.74 Å². The third-order valence-electron chi connectivity index (χ3n) is 1.83. The van der Waals surface area contributed by atoms with Gasteiger partial charge >= 0.3 is 0 Å². The topological polar surface area (TPSA) is 47.0 Å². The van der Waals surface area contributed by atoms with Crippen LogP contribution in [0.15, 0.2) is 12.4 Å². The van der Waals surface area contributed by atoms with E-state index in [1.807, 2.05) is 6.07 Å². The molecule has 0 aliphatic carbocycles. The van der Waals surface area contributed by atoms with Gasteiger partial charge in [-0.1, -0.05) is 6.92 Å². The molecule has 0 spiro atoms. The third kappa shape index (κ3) is 2.66. The largest absolute Gasteiger partial charge is 0.481 e. The summed E-state index contributed by atoms with van der Waals surface area (Å²) in [6.07, 6.45) is 1.52. The van der Waals surface area contributed by atoms with E-state index < -0.39 is 0 Å². The first-order chi connectivity index (χ1) is 6.27. The second kappa shape index (κ2) is 4.77. The fourth-order valence-corrected chi connectivity index (χ4v) is 1.11. The number of hydrogen-bond acceptors (Lipinski definition) is 4. The van der Waals surface area contributed by atoms with Gasteiger partial charge in [-0.25, -0.2) is 9.97 Å². The molecule has 0 radical (unpaired) electrons. The fourth-order valence-electron chi connectivity index (χ4n) is 1.11. The standard InChI is InChI=1S/C9H15N3O/c1-4-10-7(2)8-5-9(13-3)12-6-11-8/h5-7,10H,4H2,1-3H3. The second-order valence-corrected chi connectivity index (χ2v) is 2.76. The van der Waals surface area contributed by atoms with Gasteiger partial charge in [-0.3, -0.25) is 0 Å². The van der Waals surface area contributed by atoms with Crippen molar-refractivity contribution in [1.82, 2.24) is 15.3 Å². The summed E-state index contributed by atoms with van der Waals surface area (Å²) in [6, 6.07) is 2.08. The highest BCUT2D eigenvalue weighted by atomic mass is 16.5. The molecule has 1 rings (SSSR count). The number of nitrogens with one attached hydrogen (secondary N) is 1. The van der Waals surface area contributed by atoms with Crippen molar-refractivity contribution in [2.24, 2.45) is 0 Å². The van der Waals surface area contributed by atoms with Crippen LogP contribution >= 0.6 is 0 Å². The van der Waals surface area contributed by atoms with Gasteiger partial charge in [0.1, 0.15) is 6.33 Å². The van der Waals surface area contributed by atoms with Crippen molar-refractivity contribution in [3.63, 3.8) is 0 Å². The lowest BCUT2D eigenvalue weighted by molar-refractivity contribution is 0.394. The van der Waals surface area contributed by atoms with Crippen LogP contribution < -0.4 is 10.1 Å². The van der Waals surface area contributed by atoms with E-state index in [4.69, 9.17) is 4.74 Å². The van der Waals surface area contributed by atoms with Crippen LogP contribution in [0.25, 0.3) is 0 Å². The van der Waals surface area contributed by atoms with Gasteiger partial charge in [0, 0.05) is 12.1 Å².